The number of aryl methyl sites for hydroxylation is 1. The minimum Gasteiger partial charge on any atom is -0.340 e. The van der Waals surface area contributed by atoms with E-state index in [4.69, 9.17) is 9.51 Å². The monoisotopic (exact) mass is 347 g/mol. The molecule has 24 heavy (non-hydrogen) atoms. The molecular weight excluding hydrogens is 326 g/mol. The largest absolute Gasteiger partial charge is 0.340 e. The van der Waals surface area contributed by atoms with E-state index in [9.17, 15) is 4.79 Å². The average molecular weight is 347 g/mol. The highest BCUT2D eigenvalue weighted by molar-refractivity contribution is 7.14. The fourth-order valence-corrected chi connectivity index (χ4v) is 4.26. The standard InChI is InChI=1S/C16H21N5O2S/c1-10-17-15(19-23-10)14-4-3-7-20(14)8-12-9-24-16(18-12)21(11(2)22)13-5-6-13/h9,13-14H,3-8H2,1-2H3/t14-/m0/s1. The highest BCUT2D eigenvalue weighted by Gasteiger charge is 2.34. The van der Waals surface area contributed by atoms with Crippen LogP contribution in [0, 0.1) is 6.92 Å². The molecule has 3 heterocycles. The summed E-state index contributed by atoms with van der Waals surface area (Å²) in [5, 5.41) is 6.96. The van der Waals surface area contributed by atoms with Crippen LogP contribution in [0.25, 0.3) is 0 Å². The second kappa shape index (κ2) is 6.25. The van der Waals surface area contributed by atoms with Crippen LogP contribution >= 0.6 is 11.3 Å². The molecule has 1 aliphatic carbocycles. The molecule has 0 unspecified atom stereocenters. The molecule has 128 valence electrons. The third-order valence-electron chi connectivity index (χ3n) is 4.57. The number of likely N-dealkylation sites (tertiary alicyclic amines) is 1. The summed E-state index contributed by atoms with van der Waals surface area (Å²) < 4.78 is 5.13. The first kappa shape index (κ1) is 15.7. The van der Waals surface area contributed by atoms with Gasteiger partial charge in [-0.25, -0.2) is 4.98 Å². The van der Waals surface area contributed by atoms with Gasteiger partial charge in [0, 0.05) is 31.8 Å². The van der Waals surface area contributed by atoms with E-state index < -0.39 is 0 Å². The minimum absolute atomic E-state index is 0.0831. The fraction of sp³-hybridized carbons (Fsp3) is 0.625. The molecule has 2 aromatic heterocycles. The zero-order chi connectivity index (χ0) is 16.7. The molecule has 0 radical (unpaired) electrons. The number of rotatable bonds is 5. The predicted molar refractivity (Wildman–Crippen MR) is 89.7 cm³/mol. The van der Waals surface area contributed by atoms with Crippen molar-refractivity contribution < 1.29 is 9.32 Å². The Bertz CT molecular complexity index is 738. The Kier molecular flexibility index (Phi) is 4.09. The van der Waals surface area contributed by atoms with Crippen LogP contribution in [0.15, 0.2) is 9.90 Å². The van der Waals surface area contributed by atoms with Crippen LogP contribution in [0.2, 0.25) is 0 Å². The van der Waals surface area contributed by atoms with Gasteiger partial charge < -0.3 is 4.52 Å². The number of amides is 1. The summed E-state index contributed by atoms with van der Waals surface area (Å²) in [7, 11) is 0. The Morgan fingerprint density at radius 1 is 1.42 bits per heavy atom. The first-order valence-electron chi connectivity index (χ1n) is 8.40. The van der Waals surface area contributed by atoms with Gasteiger partial charge in [0.05, 0.1) is 11.7 Å². The highest BCUT2D eigenvalue weighted by atomic mass is 32.1. The van der Waals surface area contributed by atoms with Crippen LogP contribution < -0.4 is 4.90 Å². The topological polar surface area (TPSA) is 75.4 Å². The van der Waals surface area contributed by atoms with Gasteiger partial charge in [0.1, 0.15) is 0 Å². The zero-order valence-corrected chi connectivity index (χ0v) is 14.8. The van der Waals surface area contributed by atoms with E-state index in [1.165, 1.54) is 0 Å². The molecule has 0 spiro atoms. The smallest absolute Gasteiger partial charge is 0.225 e. The number of anilines is 1. The lowest BCUT2D eigenvalue weighted by Gasteiger charge is -2.20. The fourth-order valence-electron chi connectivity index (χ4n) is 3.33. The highest BCUT2D eigenvalue weighted by Crippen LogP contribution is 2.35. The maximum absolute atomic E-state index is 11.9. The van der Waals surface area contributed by atoms with E-state index in [0.29, 0.717) is 11.9 Å². The van der Waals surface area contributed by atoms with Crippen LogP contribution in [0.3, 0.4) is 0 Å². The summed E-state index contributed by atoms with van der Waals surface area (Å²) in [6.07, 6.45) is 4.33. The number of carbonyl (C=O) groups is 1. The van der Waals surface area contributed by atoms with Crippen molar-refractivity contribution in [1.82, 2.24) is 20.0 Å². The minimum atomic E-state index is 0.0831. The third kappa shape index (κ3) is 3.08. The van der Waals surface area contributed by atoms with E-state index in [2.05, 4.69) is 20.4 Å². The molecule has 8 heteroatoms. The normalized spacial score (nSPS) is 21.3. The van der Waals surface area contributed by atoms with Gasteiger partial charge in [0.2, 0.25) is 11.8 Å². The molecule has 1 saturated heterocycles. The van der Waals surface area contributed by atoms with Gasteiger partial charge in [0.15, 0.2) is 11.0 Å². The Morgan fingerprint density at radius 3 is 2.92 bits per heavy atom. The summed E-state index contributed by atoms with van der Waals surface area (Å²) in [6.45, 7) is 5.19. The first-order chi connectivity index (χ1) is 11.6. The van der Waals surface area contributed by atoms with Crippen LogP contribution in [0.1, 0.15) is 56.1 Å². The lowest BCUT2D eigenvalue weighted by molar-refractivity contribution is -0.116. The van der Waals surface area contributed by atoms with Crippen LogP contribution in [-0.4, -0.2) is 38.5 Å². The summed E-state index contributed by atoms with van der Waals surface area (Å²) in [6, 6.07) is 0.545. The lowest BCUT2D eigenvalue weighted by atomic mass is 10.2. The molecule has 1 atom stereocenters. The van der Waals surface area contributed by atoms with Gasteiger partial charge in [-0.05, 0) is 32.2 Å². The van der Waals surface area contributed by atoms with E-state index in [1.54, 1.807) is 18.3 Å². The van der Waals surface area contributed by atoms with Gasteiger partial charge in [-0.3, -0.25) is 14.6 Å². The van der Waals surface area contributed by atoms with Crippen molar-refractivity contribution >= 4 is 22.4 Å². The zero-order valence-electron chi connectivity index (χ0n) is 13.9. The van der Waals surface area contributed by atoms with Gasteiger partial charge in [-0.1, -0.05) is 5.16 Å². The number of hydrogen-bond acceptors (Lipinski definition) is 7. The number of nitrogens with zero attached hydrogens (tertiary/aromatic N) is 5. The molecule has 2 aliphatic rings. The Morgan fingerprint density at radius 2 is 2.25 bits per heavy atom. The van der Waals surface area contributed by atoms with Crippen LogP contribution in [0.5, 0.6) is 0 Å². The SMILES string of the molecule is CC(=O)N(c1nc(CN2CCC[C@H]2c2noc(C)n2)cs1)C1CC1. The van der Waals surface area contributed by atoms with E-state index in [1.807, 2.05) is 11.8 Å². The van der Waals surface area contributed by atoms with Crippen molar-refractivity contribution in [1.29, 1.82) is 0 Å². The molecule has 1 aliphatic heterocycles. The quantitative estimate of drug-likeness (QED) is 0.828. The first-order valence-corrected chi connectivity index (χ1v) is 9.28. The predicted octanol–water partition coefficient (Wildman–Crippen LogP) is 2.69. The third-order valence-corrected chi connectivity index (χ3v) is 5.46. The van der Waals surface area contributed by atoms with Crippen molar-refractivity contribution in [2.75, 3.05) is 11.4 Å². The van der Waals surface area contributed by atoms with E-state index in [0.717, 1.165) is 55.4 Å². The van der Waals surface area contributed by atoms with Crippen molar-refractivity contribution in [2.45, 2.75) is 58.2 Å². The van der Waals surface area contributed by atoms with Crippen molar-refractivity contribution in [3.8, 4) is 0 Å². The van der Waals surface area contributed by atoms with Crippen LogP contribution in [0.4, 0.5) is 5.13 Å². The van der Waals surface area contributed by atoms with E-state index >= 15 is 0 Å². The van der Waals surface area contributed by atoms with Crippen LogP contribution in [-0.2, 0) is 11.3 Å². The van der Waals surface area contributed by atoms with Gasteiger partial charge in [-0.2, -0.15) is 4.98 Å². The molecule has 0 aromatic carbocycles. The molecule has 0 N–H and O–H groups in total. The lowest BCUT2D eigenvalue weighted by Crippen LogP contribution is -2.30. The number of thiazole rings is 1. The molecule has 2 fully saturated rings. The molecule has 7 nitrogen and oxygen atoms in total. The molecule has 1 saturated carbocycles. The van der Waals surface area contributed by atoms with Crippen molar-refractivity contribution in [2.24, 2.45) is 0 Å². The molecular formula is C16H21N5O2S. The number of hydrogen-bond donors (Lipinski definition) is 0. The maximum Gasteiger partial charge on any atom is 0.225 e. The van der Waals surface area contributed by atoms with Gasteiger partial charge >= 0.3 is 0 Å². The number of aromatic nitrogens is 3. The van der Waals surface area contributed by atoms with Gasteiger partial charge in [0.25, 0.3) is 0 Å². The molecule has 2 aromatic rings. The summed E-state index contributed by atoms with van der Waals surface area (Å²) >= 11 is 1.56. The second-order valence-electron chi connectivity index (χ2n) is 6.54. The Hall–Kier alpha value is -1.80. The summed E-state index contributed by atoms with van der Waals surface area (Å²) in [4.78, 5) is 25.2. The van der Waals surface area contributed by atoms with E-state index in [-0.39, 0.29) is 11.9 Å². The summed E-state index contributed by atoms with van der Waals surface area (Å²) in [5.41, 5.74) is 1.01. The van der Waals surface area contributed by atoms with Crippen molar-refractivity contribution in [3.05, 3.63) is 22.8 Å². The molecule has 0 bridgehead atoms. The maximum atomic E-state index is 11.9. The molecule has 1 amide bonds. The second-order valence-corrected chi connectivity index (χ2v) is 7.38. The van der Waals surface area contributed by atoms with Gasteiger partial charge in [-0.15, -0.1) is 11.3 Å². The summed E-state index contributed by atoms with van der Waals surface area (Å²) in [5.74, 6) is 1.46. The molecule has 4 rings (SSSR count). The Balaban J connectivity index is 1.48. The Labute approximate surface area is 144 Å². The van der Waals surface area contributed by atoms with Crippen molar-refractivity contribution in [3.63, 3.8) is 0 Å². The number of carbonyl (C=O) groups excluding carboxylic acids is 1. The average Bonchev–Trinajstić information content (AvgIpc) is 2.93.